The van der Waals surface area contributed by atoms with Crippen molar-refractivity contribution >= 4 is 16.5 Å². The van der Waals surface area contributed by atoms with E-state index in [2.05, 4.69) is 26.1 Å². The minimum absolute atomic E-state index is 0.766. The molecule has 0 bridgehead atoms. The van der Waals surface area contributed by atoms with Gasteiger partial charge in [0.05, 0.1) is 7.11 Å². The van der Waals surface area contributed by atoms with Crippen molar-refractivity contribution in [3.8, 4) is 16.3 Å². The molecule has 3 heterocycles. The van der Waals surface area contributed by atoms with Gasteiger partial charge in [0.2, 0.25) is 5.13 Å². The van der Waals surface area contributed by atoms with Crippen LogP contribution in [-0.2, 0) is 0 Å². The fraction of sp³-hybridized carbons (Fsp3) is 0.579. The van der Waals surface area contributed by atoms with E-state index in [1.54, 1.807) is 18.4 Å². The second-order valence-corrected chi connectivity index (χ2v) is 7.89. The number of benzene rings is 1. The molecule has 5 nitrogen and oxygen atoms in total. The zero-order valence-corrected chi connectivity index (χ0v) is 15.7. The summed E-state index contributed by atoms with van der Waals surface area (Å²) in [5.41, 5.74) is 1.08. The van der Waals surface area contributed by atoms with Crippen LogP contribution in [0.2, 0.25) is 0 Å². The standard InChI is InChI=1S/C19H26N4OS/c1-24-17-7-5-6-15(14-17)18-20-21-19(25-18)23-12-8-16(9-13-23)22-10-3-2-4-11-22/h5-7,14,16H,2-4,8-13H2,1H3. The molecule has 1 aromatic heterocycles. The first-order chi connectivity index (χ1) is 12.3. The third-order valence-corrected chi connectivity index (χ3v) is 6.41. The Morgan fingerprint density at radius 1 is 1.04 bits per heavy atom. The van der Waals surface area contributed by atoms with Crippen molar-refractivity contribution in [2.75, 3.05) is 38.2 Å². The van der Waals surface area contributed by atoms with Gasteiger partial charge < -0.3 is 14.5 Å². The zero-order chi connectivity index (χ0) is 17.1. The van der Waals surface area contributed by atoms with Crippen LogP contribution < -0.4 is 9.64 Å². The van der Waals surface area contributed by atoms with Crippen molar-refractivity contribution in [1.82, 2.24) is 15.1 Å². The molecular weight excluding hydrogens is 332 g/mol. The van der Waals surface area contributed by atoms with E-state index in [-0.39, 0.29) is 0 Å². The normalized spacial score (nSPS) is 20.0. The smallest absolute Gasteiger partial charge is 0.208 e. The molecule has 0 spiro atoms. The van der Waals surface area contributed by atoms with Crippen molar-refractivity contribution in [2.45, 2.75) is 38.1 Å². The van der Waals surface area contributed by atoms with Crippen molar-refractivity contribution in [3.05, 3.63) is 24.3 Å². The maximum absolute atomic E-state index is 5.31. The average molecular weight is 359 g/mol. The quantitative estimate of drug-likeness (QED) is 0.834. The maximum atomic E-state index is 5.31. The van der Waals surface area contributed by atoms with Gasteiger partial charge in [-0.3, -0.25) is 0 Å². The molecule has 0 amide bonds. The van der Waals surface area contributed by atoms with Crippen LogP contribution in [0.1, 0.15) is 32.1 Å². The molecule has 2 fully saturated rings. The second-order valence-electron chi connectivity index (χ2n) is 6.94. The van der Waals surface area contributed by atoms with Crippen molar-refractivity contribution in [3.63, 3.8) is 0 Å². The fourth-order valence-corrected chi connectivity index (χ4v) is 4.81. The molecule has 0 aliphatic carbocycles. The number of ether oxygens (including phenoxy) is 1. The highest BCUT2D eigenvalue weighted by Crippen LogP contribution is 2.32. The molecule has 0 N–H and O–H groups in total. The number of rotatable bonds is 4. The lowest BCUT2D eigenvalue weighted by atomic mass is 10.0. The SMILES string of the molecule is COc1cccc(-c2nnc(N3CCC(N4CCCCC4)CC3)s2)c1. The van der Waals surface area contributed by atoms with E-state index in [9.17, 15) is 0 Å². The molecule has 2 aliphatic heterocycles. The van der Waals surface area contributed by atoms with Crippen LogP contribution in [0, 0.1) is 0 Å². The number of nitrogens with zero attached hydrogens (tertiary/aromatic N) is 4. The lowest BCUT2D eigenvalue weighted by Gasteiger charge is -2.40. The highest BCUT2D eigenvalue weighted by atomic mass is 32.1. The highest BCUT2D eigenvalue weighted by molar-refractivity contribution is 7.18. The summed E-state index contributed by atoms with van der Waals surface area (Å²) in [5, 5.41) is 10.9. The second kappa shape index (κ2) is 7.70. The molecule has 0 atom stereocenters. The molecule has 2 aromatic rings. The summed E-state index contributed by atoms with van der Waals surface area (Å²) in [6, 6.07) is 8.81. The first-order valence-electron chi connectivity index (χ1n) is 9.30. The van der Waals surface area contributed by atoms with Gasteiger partial charge in [0.15, 0.2) is 0 Å². The summed E-state index contributed by atoms with van der Waals surface area (Å²) in [5.74, 6) is 0.858. The van der Waals surface area contributed by atoms with E-state index < -0.39 is 0 Å². The van der Waals surface area contributed by atoms with E-state index >= 15 is 0 Å². The van der Waals surface area contributed by atoms with Gasteiger partial charge in [-0.2, -0.15) is 0 Å². The Balaban J connectivity index is 1.39. The number of aromatic nitrogens is 2. The summed E-state index contributed by atoms with van der Waals surface area (Å²) < 4.78 is 5.31. The van der Waals surface area contributed by atoms with Crippen LogP contribution in [0.5, 0.6) is 5.75 Å². The van der Waals surface area contributed by atoms with Crippen molar-refractivity contribution in [1.29, 1.82) is 0 Å². The van der Waals surface area contributed by atoms with E-state index in [1.165, 1.54) is 45.2 Å². The number of hydrogen-bond donors (Lipinski definition) is 0. The number of piperidine rings is 2. The Bertz CT molecular complexity index is 690. The fourth-order valence-electron chi connectivity index (χ4n) is 3.92. The Morgan fingerprint density at radius 2 is 1.84 bits per heavy atom. The highest BCUT2D eigenvalue weighted by Gasteiger charge is 2.27. The Labute approximate surface area is 153 Å². The number of likely N-dealkylation sites (tertiary alicyclic amines) is 1. The van der Waals surface area contributed by atoms with Gasteiger partial charge in [-0.1, -0.05) is 29.9 Å². The summed E-state index contributed by atoms with van der Waals surface area (Å²) >= 11 is 1.68. The summed E-state index contributed by atoms with van der Waals surface area (Å²) in [6.07, 6.45) is 6.65. The first kappa shape index (κ1) is 16.8. The summed E-state index contributed by atoms with van der Waals surface area (Å²) in [6.45, 7) is 4.77. The molecule has 0 radical (unpaired) electrons. The molecule has 134 valence electrons. The molecule has 4 rings (SSSR count). The molecule has 6 heteroatoms. The van der Waals surface area contributed by atoms with Crippen molar-refractivity contribution in [2.24, 2.45) is 0 Å². The van der Waals surface area contributed by atoms with Crippen LogP contribution in [0.3, 0.4) is 0 Å². The maximum Gasteiger partial charge on any atom is 0.208 e. The van der Waals surface area contributed by atoms with Crippen LogP contribution in [0.25, 0.3) is 10.6 Å². The zero-order valence-electron chi connectivity index (χ0n) is 14.9. The van der Waals surface area contributed by atoms with Crippen LogP contribution in [0.4, 0.5) is 5.13 Å². The Kier molecular flexibility index (Phi) is 5.17. The lowest BCUT2D eigenvalue weighted by molar-refractivity contribution is 0.141. The number of hydrogen-bond acceptors (Lipinski definition) is 6. The minimum Gasteiger partial charge on any atom is -0.497 e. The molecule has 1 aromatic carbocycles. The van der Waals surface area contributed by atoms with Gasteiger partial charge in [-0.15, -0.1) is 10.2 Å². The summed E-state index contributed by atoms with van der Waals surface area (Å²) in [4.78, 5) is 5.12. The predicted octanol–water partition coefficient (Wildman–Crippen LogP) is 3.67. The lowest BCUT2D eigenvalue weighted by Crippen LogP contribution is -2.46. The van der Waals surface area contributed by atoms with Crippen LogP contribution in [0.15, 0.2) is 24.3 Å². The molecule has 2 saturated heterocycles. The van der Waals surface area contributed by atoms with Gasteiger partial charge in [0.1, 0.15) is 10.8 Å². The van der Waals surface area contributed by atoms with Crippen LogP contribution in [-0.4, -0.2) is 54.4 Å². The van der Waals surface area contributed by atoms with Gasteiger partial charge in [-0.05, 0) is 50.9 Å². The molecule has 25 heavy (non-hydrogen) atoms. The van der Waals surface area contributed by atoms with Crippen molar-refractivity contribution < 1.29 is 4.74 Å². The van der Waals surface area contributed by atoms with Gasteiger partial charge in [0.25, 0.3) is 0 Å². The predicted molar refractivity (Wildman–Crippen MR) is 103 cm³/mol. The Hall–Kier alpha value is -1.66. The molecular formula is C19H26N4OS. The van der Waals surface area contributed by atoms with Crippen LogP contribution >= 0.6 is 11.3 Å². The largest absolute Gasteiger partial charge is 0.497 e. The van der Waals surface area contributed by atoms with E-state index in [0.717, 1.165) is 40.6 Å². The summed E-state index contributed by atoms with van der Waals surface area (Å²) in [7, 11) is 1.69. The monoisotopic (exact) mass is 358 g/mol. The van der Waals surface area contributed by atoms with Gasteiger partial charge in [-0.25, -0.2) is 0 Å². The van der Waals surface area contributed by atoms with E-state index in [4.69, 9.17) is 4.74 Å². The Morgan fingerprint density at radius 3 is 2.60 bits per heavy atom. The van der Waals surface area contributed by atoms with Gasteiger partial charge >= 0.3 is 0 Å². The van der Waals surface area contributed by atoms with E-state index in [1.807, 2.05) is 18.2 Å². The molecule has 2 aliphatic rings. The minimum atomic E-state index is 0.766. The average Bonchev–Trinajstić information content (AvgIpc) is 3.19. The van der Waals surface area contributed by atoms with E-state index in [0.29, 0.717) is 0 Å². The number of methoxy groups -OCH3 is 1. The first-order valence-corrected chi connectivity index (χ1v) is 10.1. The van der Waals surface area contributed by atoms with Gasteiger partial charge in [0, 0.05) is 24.7 Å². The third-order valence-electron chi connectivity index (χ3n) is 5.37. The third kappa shape index (κ3) is 3.80. The number of anilines is 1. The molecule has 0 unspecified atom stereocenters. The molecule has 0 saturated carbocycles. The topological polar surface area (TPSA) is 41.5 Å².